The summed E-state index contributed by atoms with van der Waals surface area (Å²) >= 11 is 0. The van der Waals surface area contributed by atoms with Crippen molar-refractivity contribution in [3.8, 4) is 5.75 Å². The molecule has 0 amide bonds. The monoisotopic (exact) mass is 349 g/mol. The van der Waals surface area contributed by atoms with E-state index in [4.69, 9.17) is 8.92 Å². The van der Waals surface area contributed by atoms with Gasteiger partial charge >= 0.3 is 0 Å². The highest BCUT2D eigenvalue weighted by Crippen LogP contribution is 2.16. The van der Waals surface area contributed by atoms with E-state index in [-0.39, 0.29) is 12.6 Å². The zero-order valence-corrected chi connectivity index (χ0v) is 14.8. The Labute approximate surface area is 143 Å². The van der Waals surface area contributed by atoms with E-state index in [1.165, 1.54) is 0 Å². The molecule has 0 aliphatic heterocycles. The number of hydrogen-bond acceptors (Lipinski definition) is 5. The molecule has 0 aliphatic rings. The maximum atomic E-state index is 11.1. The first kappa shape index (κ1) is 18.4. The van der Waals surface area contributed by atoms with Gasteiger partial charge in [-0.25, -0.2) is 0 Å². The summed E-state index contributed by atoms with van der Waals surface area (Å²) < 4.78 is 32.9. The lowest BCUT2D eigenvalue weighted by atomic mass is 10.1. The third kappa shape index (κ3) is 6.70. The van der Waals surface area contributed by atoms with E-state index >= 15 is 0 Å². The summed E-state index contributed by atoms with van der Waals surface area (Å²) in [6, 6.07) is 17.7. The van der Waals surface area contributed by atoms with Crippen LogP contribution in [0.15, 0.2) is 54.6 Å². The molecule has 0 radical (unpaired) electrons. The number of nitrogens with one attached hydrogen (secondary N) is 1. The summed E-state index contributed by atoms with van der Waals surface area (Å²) in [7, 11) is -1.65. The van der Waals surface area contributed by atoms with Gasteiger partial charge in [-0.3, -0.25) is 4.18 Å². The van der Waals surface area contributed by atoms with E-state index in [1.54, 1.807) is 7.05 Å². The number of rotatable bonds is 9. The quantitative estimate of drug-likeness (QED) is 0.704. The standard InChI is InChI=1S/C18H23NO4S/c1-19-17(14-23-24(2,20)21)11-16-9-6-10-18(12-16)22-13-15-7-4-3-5-8-15/h3-10,12,17,19H,11,13-14H2,1-2H3/t17-/m0/s1. The maximum Gasteiger partial charge on any atom is 0.264 e. The van der Waals surface area contributed by atoms with E-state index < -0.39 is 10.1 Å². The number of ether oxygens (including phenoxy) is 1. The fraction of sp³-hybridized carbons (Fsp3) is 0.333. The summed E-state index contributed by atoms with van der Waals surface area (Å²) in [4.78, 5) is 0. The highest BCUT2D eigenvalue weighted by atomic mass is 32.2. The maximum absolute atomic E-state index is 11.1. The van der Waals surface area contributed by atoms with Crippen LogP contribution in [-0.4, -0.2) is 34.4 Å². The van der Waals surface area contributed by atoms with Crippen molar-refractivity contribution in [3.63, 3.8) is 0 Å². The molecule has 0 unspecified atom stereocenters. The summed E-state index contributed by atoms with van der Waals surface area (Å²) in [5, 5.41) is 3.07. The average Bonchev–Trinajstić information content (AvgIpc) is 2.57. The second-order valence-corrected chi connectivity index (χ2v) is 7.24. The molecule has 0 fully saturated rings. The lowest BCUT2D eigenvalue weighted by Crippen LogP contribution is -2.33. The van der Waals surface area contributed by atoms with Crippen molar-refractivity contribution in [3.05, 3.63) is 65.7 Å². The topological polar surface area (TPSA) is 64.6 Å². The summed E-state index contributed by atoms with van der Waals surface area (Å²) in [6.07, 6.45) is 1.70. The SMILES string of the molecule is CN[C@H](COS(C)(=O)=O)Cc1cccc(OCc2ccccc2)c1. The van der Waals surface area contributed by atoms with Gasteiger partial charge in [-0.2, -0.15) is 8.42 Å². The summed E-state index contributed by atoms with van der Waals surface area (Å²) in [5.41, 5.74) is 2.16. The van der Waals surface area contributed by atoms with Crippen molar-refractivity contribution in [2.45, 2.75) is 19.1 Å². The van der Waals surface area contributed by atoms with Crippen molar-refractivity contribution in [2.75, 3.05) is 19.9 Å². The van der Waals surface area contributed by atoms with E-state index in [1.807, 2.05) is 54.6 Å². The van der Waals surface area contributed by atoms with Crippen LogP contribution in [-0.2, 0) is 27.3 Å². The molecule has 0 bridgehead atoms. The van der Waals surface area contributed by atoms with Crippen LogP contribution in [0.4, 0.5) is 0 Å². The van der Waals surface area contributed by atoms with Gasteiger partial charge in [-0.05, 0) is 36.7 Å². The predicted octanol–water partition coefficient (Wildman–Crippen LogP) is 2.37. The first-order chi connectivity index (χ1) is 11.5. The Hall–Kier alpha value is -1.89. The number of hydrogen-bond donors (Lipinski definition) is 1. The molecule has 2 aromatic rings. The molecule has 1 atom stereocenters. The minimum atomic E-state index is -3.43. The van der Waals surface area contributed by atoms with Gasteiger partial charge in [0.1, 0.15) is 12.4 Å². The minimum Gasteiger partial charge on any atom is -0.489 e. The molecular weight excluding hydrogens is 326 g/mol. The van der Waals surface area contributed by atoms with Gasteiger partial charge in [0.15, 0.2) is 0 Å². The molecule has 5 nitrogen and oxygen atoms in total. The van der Waals surface area contributed by atoms with E-state index in [9.17, 15) is 8.42 Å². The normalized spacial score (nSPS) is 12.8. The Morgan fingerprint density at radius 3 is 2.42 bits per heavy atom. The van der Waals surface area contributed by atoms with Crippen LogP contribution in [0.1, 0.15) is 11.1 Å². The van der Waals surface area contributed by atoms with Crippen LogP contribution >= 0.6 is 0 Å². The Morgan fingerprint density at radius 1 is 1.04 bits per heavy atom. The molecule has 0 aromatic heterocycles. The lowest BCUT2D eigenvalue weighted by Gasteiger charge is -2.16. The molecule has 2 aromatic carbocycles. The average molecular weight is 349 g/mol. The number of likely N-dealkylation sites (N-methyl/N-ethyl adjacent to an activating group) is 1. The molecule has 1 N–H and O–H groups in total. The Bertz CT molecular complexity index is 732. The zero-order valence-electron chi connectivity index (χ0n) is 13.9. The van der Waals surface area contributed by atoms with Gasteiger partial charge in [0, 0.05) is 6.04 Å². The second-order valence-electron chi connectivity index (χ2n) is 5.60. The second kappa shape index (κ2) is 8.82. The molecule has 0 saturated heterocycles. The first-order valence-corrected chi connectivity index (χ1v) is 9.55. The van der Waals surface area contributed by atoms with Crippen molar-refractivity contribution in [1.82, 2.24) is 5.32 Å². The number of benzene rings is 2. The van der Waals surface area contributed by atoms with Crippen molar-refractivity contribution < 1.29 is 17.3 Å². The van der Waals surface area contributed by atoms with Crippen LogP contribution in [0.2, 0.25) is 0 Å². The molecule has 6 heteroatoms. The van der Waals surface area contributed by atoms with E-state index in [0.29, 0.717) is 13.0 Å². The molecule has 0 saturated carbocycles. The smallest absolute Gasteiger partial charge is 0.264 e. The van der Waals surface area contributed by atoms with Crippen LogP contribution in [0.25, 0.3) is 0 Å². The fourth-order valence-corrected chi connectivity index (χ4v) is 2.65. The summed E-state index contributed by atoms with van der Waals surface area (Å²) in [5.74, 6) is 0.787. The molecule has 2 rings (SSSR count). The van der Waals surface area contributed by atoms with Gasteiger partial charge in [-0.15, -0.1) is 0 Å². The fourth-order valence-electron chi connectivity index (χ4n) is 2.24. The highest BCUT2D eigenvalue weighted by Gasteiger charge is 2.12. The van der Waals surface area contributed by atoms with Crippen molar-refractivity contribution in [2.24, 2.45) is 0 Å². The Balaban J connectivity index is 1.93. The highest BCUT2D eigenvalue weighted by molar-refractivity contribution is 7.85. The van der Waals surface area contributed by atoms with Crippen LogP contribution in [0, 0.1) is 0 Å². The van der Waals surface area contributed by atoms with Crippen molar-refractivity contribution >= 4 is 10.1 Å². The van der Waals surface area contributed by atoms with Crippen LogP contribution in [0.5, 0.6) is 5.75 Å². The van der Waals surface area contributed by atoms with Gasteiger partial charge in [0.25, 0.3) is 10.1 Å². The zero-order chi connectivity index (χ0) is 17.4. The van der Waals surface area contributed by atoms with Gasteiger partial charge in [0.2, 0.25) is 0 Å². The lowest BCUT2D eigenvalue weighted by molar-refractivity contribution is 0.276. The third-order valence-corrected chi connectivity index (χ3v) is 4.08. The minimum absolute atomic E-state index is 0.0934. The van der Waals surface area contributed by atoms with E-state index in [2.05, 4.69) is 5.32 Å². The van der Waals surface area contributed by atoms with Gasteiger partial charge in [-0.1, -0.05) is 42.5 Å². The molecule has 24 heavy (non-hydrogen) atoms. The summed E-state index contributed by atoms with van der Waals surface area (Å²) in [6.45, 7) is 0.612. The van der Waals surface area contributed by atoms with Gasteiger partial charge < -0.3 is 10.1 Å². The molecule has 0 spiro atoms. The molecular formula is C18H23NO4S. The largest absolute Gasteiger partial charge is 0.489 e. The predicted molar refractivity (Wildman–Crippen MR) is 94.6 cm³/mol. The first-order valence-electron chi connectivity index (χ1n) is 7.73. The molecule has 0 heterocycles. The van der Waals surface area contributed by atoms with Gasteiger partial charge in [0.05, 0.1) is 12.9 Å². The molecule has 0 aliphatic carbocycles. The van der Waals surface area contributed by atoms with Crippen LogP contribution < -0.4 is 10.1 Å². The van der Waals surface area contributed by atoms with Crippen molar-refractivity contribution in [1.29, 1.82) is 0 Å². The van der Waals surface area contributed by atoms with E-state index in [0.717, 1.165) is 23.1 Å². The van der Waals surface area contributed by atoms with Crippen LogP contribution in [0.3, 0.4) is 0 Å². The molecule has 130 valence electrons. The Kier molecular flexibility index (Phi) is 6.78. The third-order valence-electron chi connectivity index (χ3n) is 3.52. The Morgan fingerprint density at radius 2 is 1.75 bits per heavy atom.